The zero-order chi connectivity index (χ0) is 27.5. The molecule has 1 heterocycles. The SMILES string of the molecule is CC(=O)Oc1c(-c2ccc(NC(=O)c3ccccc3Cl)cc2)c(-c2ccccc2)nn1-c1ccc(C)cc1C. The second kappa shape index (κ2) is 11.0. The second-order valence-corrected chi connectivity index (χ2v) is 9.61. The number of hydrogen-bond acceptors (Lipinski definition) is 4. The lowest BCUT2D eigenvalue weighted by Gasteiger charge is -2.12. The Bertz CT molecular complexity index is 1680. The normalized spacial score (nSPS) is 10.8. The summed E-state index contributed by atoms with van der Waals surface area (Å²) in [6.07, 6.45) is 0. The fourth-order valence-electron chi connectivity index (χ4n) is 4.46. The molecule has 0 fully saturated rings. The Kier molecular flexibility index (Phi) is 7.30. The predicted octanol–water partition coefficient (Wildman–Crippen LogP) is 7.65. The number of benzene rings is 4. The summed E-state index contributed by atoms with van der Waals surface area (Å²) in [5.41, 5.74) is 6.90. The first kappa shape index (κ1) is 25.9. The van der Waals surface area contributed by atoms with E-state index in [0.717, 1.165) is 27.9 Å². The van der Waals surface area contributed by atoms with Crippen molar-refractivity contribution >= 4 is 29.2 Å². The molecular formula is C32H26ClN3O3. The molecule has 39 heavy (non-hydrogen) atoms. The van der Waals surface area contributed by atoms with Crippen LogP contribution in [0.5, 0.6) is 5.88 Å². The van der Waals surface area contributed by atoms with Gasteiger partial charge in [-0.3, -0.25) is 9.59 Å². The maximum absolute atomic E-state index is 12.8. The number of amides is 1. The number of aryl methyl sites for hydroxylation is 2. The summed E-state index contributed by atoms with van der Waals surface area (Å²) >= 11 is 6.19. The Morgan fingerprint density at radius 1 is 0.846 bits per heavy atom. The molecule has 0 radical (unpaired) electrons. The minimum absolute atomic E-state index is 0.304. The lowest BCUT2D eigenvalue weighted by atomic mass is 10.0. The number of carbonyl (C=O) groups excluding carboxylic acids is 2. The Hall–Kier alpha value is -4.68. The summed E-state index contributed by atoms with van der Waals surface area (Å²) in [6, 6.07) is 30.0. The van der Waals surface area contributed by atoms with Crippen LogP contribution in [0.25, 0.3) is 28.1 Å². The van der Waals surface area contributed by atoms with Gasteiger partial charge in [-0.2, -0.15) is 9.78 Å². The second-order valence-electron chi connectivity index (χ2n) is 9.20. The van der Waals surface area contributed by atoms with Gasteiger partial charge in [0.2, 0.25) is 5.88 Å². The molecule has 1 N–H and O–H groups in total. The molecular weight excluding hydrogens is 510 g/mol. The smallest absolute Gasteiger partial charge is 0.309 e. The van der Waals surface area contributed by atoms with Gasteiger partial charge >= 0.3 is 5.97 Å². The van der Waals surface area contributed by atoms with E-state index in [4.69, 9.17) is 21.4 Å². The molecule has 0 atom stereocenters. The van der Waals surface area contributed by atoms with Crippen molar-refractivity contribution in [2.45, 2.75) is 20.8 Å². The van der Waals surface area contributed by atoms with Crippen molar-refractivity contribution in [2.24, 2.45) is 0 Å². The molecule has 0 aliphatic heterocycles. The van der Waals surface area contributed by atoms with Crippen LogP contribution in [0, 0.1) is 13.8 Å². The zero-order valence-electron chi connectivity index (χ0n) is 21.7. The molecule has 7 heteroatoms. The molecule has 0 bridgehead atoms. The number of rotatable bonds is 6. The Morgan fingerprint density at radius 2 is 1.54 bits per heavy atom. The number of halogens is 1. The van der Waals surface area contributed by atoms with E-state index in [1.165, 1.54) is 6.92 Å². The van der Waals surface area contributed by atoms with E-state index in [0.29, 0.717) is 33.4 Å². The molecule has 0 saturated heterocycles. The quantitative estimate of drug-likeness (QED) is 0.227. The Labute approximate surface area is 231 Å². The topological polar surface area (TPSA) is 73.2 Å². The van der Waals surface area contributed by atoms with Crippen LogP contribution >= 0.6 is 11.6 Å². The number of ether oxygens (including phenoxy) is 1. The first-order valence-electron chi connectivity index (χ1n) is 12.4. The number of hydrogen-bond donors (Lipinski definition) is 1. The molecule has 0 aliphatic rings. The van der Waals surface area contributed by atoms with Crippen LogP contribution in [0.15, 0.2) is 97.1 Å². The van der Waals surface area contributed by atoms with Gasteiger partial charge in [0.1, 0.15) is 5.69 Å². The molecule has 5 aromatic rings. The van der Waals surface area contributed by atoms with Crippen molar-refractivity contribution in [3.8, 4) is 34.0 Å². The maximum atomic E-state index is 12.8. The fraction of sp³-hybridized carbons (Fsp3) is 0.0938. The number of anilines is 1. The predicted molar refractivity (Wildman–Crippen MR) is 155 cm³/mol. The largest absolute Gasteiger partial charge is 0.407 e. The third kappa shape index (κ3) is 5.47. The molecule has 194 valence electrons. The molecule has 0 unspecified atom stereocenters. The standard InChI is InChI=1S/C32H26ClN3O3/c1-20-13-18-28(21(2)19-20)36-32(39-22(3)37)29(30(35-36)24-9-5-4-6-10-24)23-14-16-25(17-15-23)34-31(38)26-11-7-8-12-27(26)33/h4-19H,1-3H3,(H,34,38). The highest BCUT2D eigenvalue weighted by molar-refractivity contribution is 6.34. The number of aromatic nitrogens is 2. The molecule has 4 aromatic carbocycles. The van der Waals surface area contributed by atoms with Gasteiger partial charge in [0.15, 0.2) is 0 Å². The first-order valence-corrected chi connectivity index (χ1v) is 12.8. The van der Waals surface area contributed by atoms with E-state index in [-0.39, 0.29) is 5.91 Å². The molecule has 1 amide bonds. The average Bonchev–Trinajstić information content (AvgIpc) is 3.28. The third-order valence-electron chi connectivity index (χ3n) is 6.26. The molecule has 6 nitrogen and oxygen atoms in total. The summed E-state index contributed by atoms with van der Waals surface area (Å²) in [5, 5.41) is 8.21. The summed E-state index contributed by atoms with van der Waals surface area (Å²) in [6.45, 7) is 5.40. The minimum atomic E-state index is -0.453. The zero-order valence-corrected chi connectivity index (χ0v) is 22.5. The van der Waals surface area contributed by atoms with Crippen LogP contribution < -0.4 is 10.1 Å². The fourth-order valence-corrected chi connectivity index (χ4v) is 4.68. The third-order valence-corrected chi connectivity index (χ3v) is 6.59. The summed E-state index contributed by atoms with van der Waals surface area (Å²) < 4.78 is 7.50. The average molecular weight is 536 g/mol. The van der Waals surface area contributed by atoms with Crippen LogP contribution in [-0.4, -0.2) is 21.7 Å². The summed E-state index contributed by atoms with van der Waals surface area (Å²) in [4.78, 5) is 25.0. The summed E-state index contributed by atoms with van der Waals surface area (Å²) in [5.74, 6) is -0.437. The maximum Gasteiger partial charge on any atom is 0.309 e. The number of nitrogens with zero attached hydrogens (tertiary/aromatic N) is 2. The lowest BCUT2D eigenvalue weighted by Crippen LogP contribution is -2.12. The highest BCUT2D eigenvalue weighted by atomic mass is 35.5. The van der Waals surface area contributed by atoms with Crippen molar-refractivity contribution in [1.29, 1.82) is 0 Å². The van der Waals surface area contributed by atoms with Gasteiger partial charge < -0.3 is 10.1 Å². The number of esters is 1. The van der Waals surface area contributed by atoms with Crippen LogP contribution in [0.1, 0.15) is 28.4 Å². The van der Waals surface area contributed by atoms with E-state index in [1.54, 1.807) is 41.1 Å². The molecule has 5 rings (SSSR count). The van der Waals surface area contributed by atoms with Gasteiger partial charge in [0.25, 0.3) is 5.91 Å². The van der Waals surface area contributed by atoms with Crippen LogP contribution in [0.2, 0.25) is 5.02 Å². The Balaban J connectivity index is 1.62. The number of carbonyl (C=O) groups is 2. The van der Waals surface area contributed by atoms with Gasteiger partial charge in [-0.1, -0.05) is 83.9 Å². The van der Waals surface area contributed by atoms with Gasteiger partial charge in [-0.15, -0.1) is 0 Å². The van der Waals surface area contributed by atoms with E-state index < -0.39 is 5.97 Å². The van der Waals surface area contributed by atoms with E-state index >= 15 is 0 Å². The van der Waals surface area contributed by atoms with E-state index in [2.05, 4.69) is 11.4 Å². The van der Waals surface area contributed by atoms with Crippen molar-refractivity contribution < 1.29 is 14.3 Å². The van der Waals surface area contributed by atoms with Gasteiger partial charge in [0.05, 0.1) is 21.8 Å². The van der Waals surface area contributed by atoms with Crippen molar-refractivity contribution in [1.82, 2.24) is 9.78 Å². The van der Waals surface area contributed by atoms with Crippen LogP contribution in [0.4, 0.5) is 5.69 Å². The van der Waals surface area contributed by atoms with Crippen molar-refractivity contribution in [3.05, 3.63) is 119 Å². The van der Waals surface area contributed by atoms with E-state index in [1.807, 2.05) is 68.4 Å². The highest BCUT2D eigenvalue weighted by Crippen LogP contribution is 2.41. The van der Waals surface area contributed by atoms with Gasteiger partial charge in [-0.05, 0) is 55.3 Å². The van der Waals surface area contributed by atoms with Gasteiger partial charge in [0, 0.05) is 18.2 Å². The minimum Gasteiger partial charge on any atom is -0.407 e. The van der Waals surface area contributed by atoms with Gasteiger partial charge in [-0.25, -0.2) is 0 Å². The number of nitrogens with one attached hydrogen (secondary N) is 1. The van der Waals surface area contributed by atoms with Crippen LogP contribution in [0.3, 0.4) is 0 Å². The summed E-state index contributed by atoms with van der Waals surface area (Å²) in [7, 11) is 0. The van der Waals surface area contributed by atoms with Crippen molar-refractivity contribution in [3.63, 3.8) is 0 Å². The molecule has 0 saturated carbocycles. The van der Waals surface area contributed by atoms with Crippen LogP contribution in [-0.2, 0) is 4.79 Å². The first-order chi connectivity index (χ1) is 18.8. The molecule has 1 aromatic heterocycles. The lowest BCUT2D eigenvalue weighted by molar-refractivity contribution is -0.132. The molecule has 0 aliphatic carbocycles. The van der Waals surface area contributed by atoms with Crippen molar-refractivity contribution in [2.75, 3.05) is 5.32 Å². The van der Waals surface area contributed by atoms with E-state index in [9.17, 15) is 9.59 Å². The highest BCUT2D eigenvalue weighted by Gasteiger charge is 2.25. The molecule has 0 spiro atoms. The Morgan fingerprint density at radius 3 is 2.21 bits per heavy atom. The monoisotopic (exact) mass is 535 g/mol.